The Morgan fingerprint density at radius 3 is 2.73 bits per heavy atom. The van der Waals surface area contributed by atoms with E-state index >= 15 is 0 Å². The van der Waals surface area contributed by atoms with Crippen molar-refractivity contribution in [3.05, 3.63) is 11.6 Å². The van der Waals surface area contributed by atoms with Crippen molar-refractivity contribution in [2.45, 2.75) is 77.2 Å². The van der Waals surface area contributed by atoms with E-state index < -0.39 is 5.60 Å². The number of aliphatic hydroxyl groups is 1. The molecule has 3 saturated carbocycles. The molecule has 2 nitrogen and oxygen atoms in total. The Balaban J connectivity index is 1.67. The lowest BCUT2D eigenvalue weighted by molar-refractivity contribution is -0.126. The minimum Gasteiger partial charge on any atom is -0.385 e. The van der Waals surface area contributed by atoms with Crippen LogP contribution in [-0.4, -0.2) is 16.5 Å². The van der Waals surface area contributed by atoms with Gasteiger partial charge in [0.2, 0.25) is 0 Å². The number of ketones is 1. The third-order valence-corrected chi connectivity index (χ3v) is 8.13. The zero-order chi connectivity index (χ0) is 15.5. The lowest BCUT2D eigenvalue weighted by Gasteiger charge is -2.57. The molecule has 0 amide bonds. The number of hydrogen-bond donors (Lipinski definition) is 1. The molecule has 0 aromatic heterocycles. The fourth-order valence-electron chi connectivity index (χ4n) is 6.96. The molecule has 0 unspecified atom stereocenters. The standard InChI is InChI=1S/C20H30O2/c1-3-13-5-7-17-16-6-4-14-12-15(21)8-11-20(14,22)18(16)9-10-19(13,17)2/h12-13,16-18,22H,3-11H2,1-2H3/t13-,16-,17-,18-,19+,20+/m0/s1. The summed E-state index contributed by atoms with van der Waals surface area (Å²) in [5.74, 6) is 3.02. The van der Waals surface area contributed by atoms with Crippen molar-refractivity contribution < 1.29 is 9.90 Å². The predicted molar refractivity (Wildman–Crippen MR) is 87.3 cm³/mol. The van der Waals surface area contributed by atoms with Gasteiger partial charge in [-0.05, 0) is 85.7 Å². The van der Waals surface area contributed by atoms with Gasteiger partial charge in [-0.2, -0.15) is 0 Å². The van der Waals surface area contributed by atoms with Crippen LogP contribution in [0.4, 0.5) is 0 Å². The van der Waals surface area contributed by atoms with Gasteiger partial charge in [-0.1, -0.05) is 20.3 Å². The van der Waals surface area contributed by atoms with Crippen LogP contribution in [0.3, 0.4) is 0 Å². The van der Waals surface area contributed by atoms with Gasteiger partial charge in [0.1, 0.15) is 0 Å². The Morgan fingerprint density at radius 2 is 1.95 bits per heavy atom. The van der Waals surface area contributed by atoms with Crippen LogP contribution in [0.5, 0.6) is 0 Å². The summed E-state index contributed by atoms with van der Waals surface area (Å²) in [6, 6.07) is 0. The molecule has 6 atom stereocenters. The highest BCUT2D eigenvalue weighted by Gasteiger charge is 2.59. The van der Waals surface area contributed by atoms with Crippen LogP contribution in [0.25, 0.3) is 0 Å². The maximum Gasteiger partial charge on any atom is 0.155 e. The molecule has 4 aliphatic rings. The van der Waals surface area contributed by atoms with E-state index in [1.54, 1.807) is 6.08 Å². The summed E-state index contributed by atoms with van der Waals surface area (Å²) in [6.07, 6.45) is 11.7. The fourth-order valence-corrected chi connectivity index (χ4v) is 6.96. The molecule has 0 bridgehead atoms. The van der Waals surface area contributed by atoms with Gasteiger partial charge in [0, 0.05) is 6.42 Å². The molecule has 0 spiro atoms. The highest BCUT2D eigenvalue weighted by molar-refractivity contribution is 5.92. The van der Waals surface area contributed by atoms with Crippen molar-refractivity contribution in [2.75, 3.05) is 0 Å². The molecule has 0 saturated heterocycles. The van der Waals surface area contributed by atoms with E-state index in [1.807, 2.05) is 0 Å². The van der Waals surface area contributed by atoms with E-state index in [1.165, 1.54) is 32.1 Å². The van der Waals surface area contributed by atoms with Crippen molar-refractivity contribution >= 4 is 5.78 Å². The molecule has 1 N–H and O–H groups in total. The monoisotopic (exact) mass is 302 g/mol. The van der Waals surface area contributed by atoms with Crippen LogP contribution in [0.15, 0.2) is 11.6 Å². The quantitative estimate of drug-likeness (QED) is 0.785. The Kier molecular flexibility index (Phi) is 3.35. The second-order valence-corrected chi connectivity index (χ2v) is 8.70. The number of carbonyl (C=O) groups is 1. The molecule has 4 aliphatic carbocycles. The molecular formula is C20H30O2. The fraction of sp³-hybridized carbons (Fsp3) is 0.850. The Bertz CT molecular complexity index is 522. The summed E-state index contributed by atoms with van der Waals surface area (Å²) in [6.45, 7) is 4.89. The van der Waals surface area contributed by atoms with Gasteiger partial charge in [-0.3, -0.25) is 4.79 Å². The summed E-state index contributed by atoms with van der Waals surface area (Å²) in [5, 5.41) is 11.4. The van der Waals surface area contributed by atoms with Crippen LogP contribution >= 0.6 is 0 Å². The largest absolute Gasteiger partial charge is 0.385 e. The lowest BCUT2D eigenvalue weighted by atomic mass is 9.50. The van der Waals surface area contributed by atoms with Crippen LogP contribution in [-0.2, 0) is 4.79 Å². The SMILES string of the molecule is CC[C@H]1CC[C@H]2[C@@H]3CCC4=CC(=O)CC[C@]4(O)[C@H]3CC[C@]12C. The molecule has 4 rings (SSSR count). The van der Waals surface area contributed by atoms with Crippen LogP contribution in [0.2, 0.25) is 0 Å². The molecular weight excluding hydrogens is 272 g/mol. The average Bonchev–Trinajstić information content (AvgIpc) is 2.84. The zero-order valence-electron chi connectivity index (χ0n) is 14.1. The van der Waals surface area contributed by atoms with Gasteiger partial charge in [-0.15, -0.1) is 0 Å². The summed E-state index contributed by atoms with van der Waals surface area (Å²) >= 11 is 0. The van der Waals surface area contributed by atoms with E-state index in [2.05, 4.69) is 13.8 Å². The molecule has 122 valence electrons. The van der Waals surface area contributed by atoms with E-state index in [9.17, 15) is 9.90 Å². The van der Waals surface area contributed by atoms with E-state index in [-0.39, 0.29) is 5.78 Å². The maximum atomic E-state index is 11.7. The van der Waals surface area contributed by atoms with Crippen molar-refractivity contribution in [1.82, 2.24) is 0 Å². The third-order valence-electron chi connectivity index (χ3n) is 8.13. The molecule has 0 aliphatic heterocycles. The zero-order valence-corrected chi connectivity index (χ0v) is 14.1. The summed E-state index contributed by atoms with van der Waals surface area (Å²) in [7, 11) is 0. The van der Waals surface area contributed by atoms with Crippen molar-refractivity contribution in [3.8, 4) is 0 Å². The highest BCUT2D eigenvalue weighted by atomic mass is 16.3. The number of carbonyl (C=O) groups excluding carboxylic acids is 1. The molecule has 0 radical (unpaired) electrons. The smallest absolute Gasteiger partial charge is 0.155 e. The van der Waals surface area contributed by atoms with Crippen LogP contribution in [0.1, 0.15) is 71.6 Å². The number of fused-ring (bicyclic) bond motifs is 5. The topological polar surface area (TPSA) is 37.3 Å². The van der Waals surface area contributed by atoms with Gasteiger partial charge < -0.3 is 5.11 Å². The maximum absolute atomic E-state index is 11.7. The first-order valence-corrected chi connectivity index (χ1v) is 9.45. The third kappa shape index (κ3) is 1.85. The second-order valence-electron chi connectivity index (χ2n) is 8.70. The second kappa shape index (κ2) is 4.93. The van der Waals surface area contributed by atoms with Gasteiger partial charge in [-0.25, -0.2) is 0 Å². The van der Waals surface area contributed by atoms with Gasteiger partial charge >= 0.3 is 0 Å². The molecule has 0 aromatic carbocycles. The lowest BCUT2D eigenvalue weighted by Crippen LogP contribution is -2.55. The van der Waals surface area contributed by atoms with E-state index in [4.69, 9.17) is 0 Å². The van der Waals surface area contributed by atoms with Gasteiger partial charge in [0.05, 0.1) is 5.60 Å². The first-order valence-electron chi connectivity index (χ1n) is 9.45. The number of hydrogen-bond acceptors (Lipinski definition) is 2. The van der Waals surface area contributed by atoms with Crippen LogP contribution in [0, 0.1) is 29.1 Å². The van der Waals surface area contributed by atoms with Gasteiger partial charge in [0.25, 0.3) is 0 Å². The van der Waals surface area contributed by atoms with Crippen LogP contribution < -0.4 is 0 Å². The number of rotatable bonds is 1. The van der Waals surface area contributed by atoms with Gasteiger partial charge in [0.15, 0.2) is 5.78 Å². The Morgan fingerprint density at radius 1 is 1.14 bits per heavy atom. The summed E-state index contributed by atoms with van der Waals surface area (Å²) in [4.78, 5) is 11.7. The van der Waals surface area contributed by atoms with E-state index in [0.29, 0.717) is 30.1 Å². The molecule has 2 heteroatoms. The Hall–Kier alpha value is -0.630. The molecule has 0 heterocycles. The molecule has 0 aromatic rings. The minimum atomic E-state index is -0.650. The first kappa shape index (κ1) is 14.9. The highest BCUT2D eigenvalue weighted by Crippen LogP contribution is 2.64. The summed E-state index contributed by atoms with van der Waals surface area (Å²) < 4.78 is 0. The predicted octanol–water partition coefficient (Wildman–Crippen LogP) is 4.27. The van der Waals surface area contributed by atoms with Crippen molar-refractivity contribution in [3.63, 3.8) is 0 Å². The van der Waals surface area contributed by atoms with Crippen molar-refractivity contribution in [1.29, 1.82) is 0 Å². The average molecular weight is 302 g/mol. The van der Waals surface area contributed by atoms with Crippen molar-refractivity contribution in [2.24, 2.45) is 29.1 Å². The first-order chi connectivity index (χ1) is 10.5. The summed E-state index contributed by atoms with van der Waals surface area (Å²) in [5.41, 5.74) is 0.930. The normalized spacial score (nSPS) is 50.9. The van der Waals surface area contributed by atoms with E-state index in [0.717, 1.165) is 30.3 Å². The molecule has 22 heavy (non-hydrogen) atoms. The minimum absolute atomic E-state index is 0.227. The molecule has 3 fully saturated rings. The Labute approximate surface area is 134 Å².